The first-order valence-corrected chi connectivity index (χ1v) is 7.17. The summed E-state index contributed by atoms with van der Waals surface area (Å²) in [6.07, 6.45) is 4.24. The highest BCUT2D eigenvalue weighted by Gasteiger charge is 2.40. The minimum Gasteiger partial charge on any atom is -0.393 e. The van der Waals surface area contributed by atoms with Crippen molar-refractivity contribution in [2.75, 3.05) is 4.90 Å². The fourth-order valence-electron chi connectivity index (χ4n) is 3.31. The summed E-state index contributed by atoms with van der Waals surface area (Å²) in [5, 5.41) is 9.82. The number of piperidine rings is 1. The largest absolute Gasteiger partial charge is 0.393 e. The van der Waals surface area contributed by atoms with Crippen LogP contribution in [0.5, 0.6) is 0 Å². The lowest BCUT2D eigenvalue weighted by Gasteiger charge is -2.39. The van der Waals surface area contributed by atoms with E-state index in [4.69, 9.17) is 0 Å². The topological polar surface area (TPSA) is 23.5 Å². The van der Waals surface area contributed by atoms with Crippen molar-refractivity contribution in [3.05, 3.63) is 28.2 Å². The average molecular weight is 296 g/mol. The monoisotopic (exact) mass is 295 g/mol. The molecule has 0 spiro atoms. The highest BCUT2D eigenvalue weighted by atomic mass is 79.9. The van der Waals surface area contributed by atoms with Crippen molar-refractivity contribution in [2.45, 2.75) is 50.8 Å². The Morgan fingerprint density at radius 3 is 2.47 bits per heavy atom. The minimum atomic E-state index is -0.0855. The number of fused-ring (bicyclic) bond motifs is 2. The van der Waals surface area contributed by atoms with Gasteiger partial charge in [0.25, 0.3) is 0 Å². The van der Waals surface area contributed by atoms with Crippen LogP contribution in [-0.4, -0.2) is 23.3 Å². The molecule has 2 aliphatic rings. The molecule has 0 saturated carbocycles. The number of benzene rings is 1. The maximum absolute atomic E-state index is 9.82. The van der Waals surface area contributed by atoms with Gasteiger partial charge in [0, 0.05) is 22.2 Å². The lowest BCUT2D eigenvalue weighted by atomic mass is 9.99. The number of aliphatic hydroxyl groups is 1. The molecule has 92 valence electrons. The van der Waals surface area contributed by atoms with Gasteiger partial charge in [-0.3, -0.25) is 0 Å². The number of anilines is 1. The van der Waals surface area contributed by atoms with Crippen molar-refractivity contribution in [1.82, 2.24) is 0 Å². The third-order valence-electron chi connectivity index (χ3n) is 4.16. The predicted molar refractivity (Wildman–Crippen MR) is 73.4 cm³/mol. The van der Waals surface area contributed by atoms with Gasteiger partial charge in [-0.05, 0) is 50.3 Å². The molecule has 2 fully saturated rings. The quantitative estimate of drug-likeness (QED) is 0.860. The first kappa shape index (κ1) is 11.5. The summed E-state index contributed by atoms with van der Waals surface area (Å²) < 4.78 is 1.18. The first-order chi connectivity index (χ1) is 8.15. The summed E-state index contributed by atoms with van der Waals surface area (Å²) in [6, 6.07) is 7.68. The summed E-state index contributed by atoms with van der Waals surface area (Å²) in [4.78, 5) is 2.52. The molecule has 2 unspecified atom stereocenters. The molecule has 3 rings (SSSR count). The second kappa shape index (κ2) is 4.29. The van der Waals surface area contributed by atoms with E-state index in [-0.39, 0.29) is 6.10 Å². The highest BCUT2D eigenvalue weighted by Crippen LogP contribution is 2.40. The fraction of sp³-hybridized carbons (Fsp3) is 0.571. The summed E-state index contributed by atoms with van der Waals surface area (Å²) in [7, 11) is 0. The number of hydrogen-bond acceptors (Lipinski definition) is 2. The fourth-order valence-corrected chi connectivity index (χ4v) is 3.68. The number of hydrogen-bond donors (Lipinski definition) is 1. The van der Waals surface area contributed by atoms with Crippen LogP contribution < -0.4 is 4.90 Å². The Bertz CT molecular complexity index is 420. The van der Waals surface area contributed by atoms with E-state index in [0.29, 0.717) is 12.1 Å². The lowest BCUT2D eigenvalue weighted by molar-refractivity contribution is 0.126. The smallest absolute Gasteiger partial charge is 0.0579 e. The van der Waals surface area contributed by atoms with Gasteiger partial charge in [-0.15, -0.1) is 0 Å². The molecule has 1 aromatic rings. The summed E-state index contributed by atoms with van der Waals surface area (Å²) >= 11 is 3.61. The van der Waals surface area contributed by atoms with Gasteiger partial charge in [0.2, 0.25) is 0 Å². The number of aliphatic hydroxyl groups excluding tert-OH is 1. The molecular weight excluding hydrogens is 278 g/mol. The maximum Gasteiger partial charge on any atom is 0.0579 e. The van der Waals surface area contributed by atoms with Gasteiger partial charge in [-0.2, -0.15) is 0 Å². The number of halogens is 1. The van der Waals surface area contributed by atoms with Gasteiger partial charge in [0.15, 0.2) is 0 Å². The SMILES string of the molecule is Cc1ccc(N2C3CCC2CC(O)C3)cc1Br. The zero-order valence-corrected chi connectivity index (χ0v) is 11.7. The van der Waals surface area contributed by atoms with Gasteiger partial charge >= 0.3 is 0 Å². The van der Waals surface area contributed by atoms with Crippen LogP contribution in [0.1, 0.15) is 31.2 Å². The van der Waals surface area contributed by atoms with Gasteiger partial charge in [-0.25, -0.2) is 0 Å². The van der Waals surface area contributed by atoms with E-state index in [2.05, 4.69) is 46.0 Å². The number of aryl methyl sites for hydroxylation is 1. The normalized spacial score (nSPS) is 31.9. The van der Waals surface area contributed by atoms with Gasteiger partial charge in [0.05, 0.1) is 6.10 Å². The molecule has 2 heterocycles. The number of rotatable bonds is 1. The average Bonchev–Trinajstić information content (AvgIpc) is 2.55. The molecule has 1 aromatic carbocycles. The van der Waals surface area contributed by atoms with Crippen molar-refractivity contribution in [3.63, 3.8) is 0 Å². The Labute approximate surface area is 111 Å². The van der Waals surface area contributed by atoms with Gasteiger partial charge < -0.3 is 10.0 Å². The Kier molecular flexibility index (Phi) is 2.91. The van der Waals surface area contributed by atoms with E-state index in [9.17, 15) is 5.11 Å². The minimum absolute atomic E-state index is 0.0855. The third kappa shape index (κ3) is 2.00. The zero-order valence-electron chi connectivity index (χ0n) is 10.1. The molecule has 17 heavy (non-hydrogen) atoms. The molecule has 2 aliphatic heterocycles. The van der Waals surface area contributed by atoms with Crippen molar-refractivity contribution in [1.29, 1.82) is 0 Å². The predicted octanol–water partition coefficient (Wildman–Crippen LogP) is 3.25. The lowest BCUT2D eigenvalue weighted by Crippen LogP contribution is -2.44. The molecule has 0 aromatic heterocycles. The highest BCUT2D eigenvalue weighted by molar-refractivity contribution is 9.10. The van der Waals surface area contributed by atoms with Gasteiger partial charge in [-0.1, -0.05) is 22.0 Å². The van der Waals surface area contributed by atoms with Crippen molar-refractivity contribution in [2.24, 2.45) is 0 Å². The summed E-state index contributed by atoms with van der Waals surface area (Å²) in [6.45, 7) is 2.11. The first-order valence-electron chi connectivity index (χ1n) is 6.37. The molecule has 2 bridgehead atoms. The standard InChI is InChI=1S/C14H18BrNO/c1-9-2-3-12(8-14(9)15)16-10-4-5-11(16)7-13(17)6-10/h2-3,8,10-11,13,17H,4-7H2,1H3. The molecule has 3 heteroatoms. The summed E-state index contributed by atoms with van der Waals surface area (Å²) in [5.41, 5.74) is 2.58. The van der Waals surface area contributed by atoms with E-state index >= 15 is 0 Å². The van der Waals surface area contributed by atoms with Crippen LogP contribution in [0, 0.1) is 6.92 Å². The Balaban J connectivity index is 1.92. The molecule has 2 saturated heterocycles. The van der Waals surface area contributed by atoms with Crippen molar-refractivity contribution < 1.29 is 5.11 Å². The second-order valence-corrected chi connectivity index (χ2v) is 6.21. The van der Waals surface area contributed by atoms with E-state index in [0.717, 1.165) is 12.8 Å². The van der Waals surface area contributed by atoms with Crippen LogP contribution in [0.15, 0.2) is 22.7 Å². The molecular formula is C14H18BrNO. The van der Waals surface area contributed by atoms with E-state index in [1.807, 2.05) is 0 Å². The van der Waals surface area contributed by atoms with Crippen LogP contribution >= 0.6 is 15.9 Å². The van der Waals surface area contributed by atoms with Crippen LogP contribution in [0.4, 0.5) is 5.69 Å². The molecule has 0 radical (unpaired) electrons. The Morgan fingerprint density at radius 2 is 1.88 bits per heavy atom. The third-order valence-corrected chi connectivity index (χ3v) is 5.02. The second-order valence-electron chi connectivity index (χ2n) is 5.35. The molecule has 2 nitrogen and oxygen atoms in total. The molecule has 1 N–H and O–H groups in total. The van der Waals surface area contributed by atoms with Gasteiger partial charge in [0.1, 0.15) is 0 Å². The van der Waals surface area contributed by atoms with Crippen molar-refractivity contribution in [3.8, 4) is 0 Å². The van der Waals surface area contributed by atoms with E-state index in [1.165, 1.54) is 28.6 Å². The Morgan fingerprint density at radius 1 is 1.24 bits per heavy atom. The maximum atomic E-state index is 9.82. The van der Waals surface area contributed by atoms with Crippen LogP contribution in [0.3, 0.4) is 0 Å². The molecule has 0 aliphatic carbocycles. The van der Waals surface area contributed by atoms with Crippen LogP contribution in [-0.2, 0) is 0 Å². The number of nitrogens with zero attached hydrogens (tertiary/aromatic N) is 1. The molecule has 0 amide bonds. The van der Waals surface area contributed by atoms with E-state index in [1.54, 1.807) is 0 Å². The van der Waals surface area contributed by atoms with Crippen molar-refractivity contribution >= 4 is 21.6 Å². The summed E-state index contributed by atoms with van der Waals surface area (Å²) in [5.74, 6) is 0. The zero-order chi connectivity index (χ0) is 12.0. The van der Waals surface area contributed by atoms with Crippen LogP contribution in [0.2, 0.25) is 0 Å². The molecule has 2 atom stereocenters. The Hall–Kier alpha value is -0.540. The van der Waals surface area contributed by atoms with E-state index < -0.39 is 0 Å². The van der Waals surface area contributed by atoms with Crippen LogP contribution in [0.25, 0.3) is 0 Å².